The summed E-state index contributed by atoms with van der Waals surface area (Å²) in [5.41, 5.74) is 4.84. The summed E-state index contributed by atoms with van der Waals surface area (Å²) in [5, 5.41) is 2.47. The highest BCUT2D eigenvalue weighted by Gasteiger charge is 2.21. The van der Waals surface area contributed by atoms with Crippen LogP contribution in [-0.2, 0) is 0 Å². The second-order valence-electron chi connectivity index (χ2n) is 7.04. The van der Waals surface area contributed by atoms with Crippen molar-refractivity contribution in [3.05, 3.63) is 120 Å². The highest BCUT2D eigenvalue weighted by atomic mass is 16.5. The second-order valence-corrected chi connectivity index (χ2v) is 7.04. The van der Waals surface area contributed by atoms with E-state index in [4.69, 9.17) is 4.74 Å². The Bertz CT molecular complexity index is 1180. The van der Waals surface area contributed by atoms with Crippen molar-refractivity contribution in [3.63, 3.8) is 0 Å². The van der Waals surface area contributed by atoms with Crippen LogP contribution in [0.15, 0.2) is 103 Å². The first-order valence-electron chi connectivity index (χ1n) is 9.58. The lowest BCUT2D eigenvalue weighted by Gasteiger charge is -2.24. The molecule has 1 heterocycles. The van der Waals surface area contributed by atoms with Gasteiger partial charge in [0.25, 0.3) is 0 Å². The Morgan fingerprint density at radius 1 is 0.607 bits per heavy atom. The van der Waals surface area contributed by atoms with Crippen molar-refractivity contribution in [1.29, 1.82) is 0 Å². The van der Waals surface area contributed by atoms with Gasteiger partial charge in [0.05, 0.1) is 0 Å². The lowest BCUT2D eigenvalue weighted by Crippen LogP contribution is -2.07. The quantitative estimate of drug-likeness (QED) is 0.367. The maximum absolute atomic E-state index is 6.33. The zero-order chi connectivity index (χ0) is 18.8. The van der Waals surface area contributed by atoms with Crippen molar-refractivity contribution in [1.82, 2.24) is 0 Å². The number of hydrogen-bond acceptors (Lipinski definition) is 1. The molecular weight excluding hydrogens is 340 g/mol. The van der Waals surface area contributed by atoms with Crippen LogP contribution in [-0.4, -0.2) is 0 Å². The standard InChI is InChI=1S/C27H20O/c1-3-9-20(10-4-1)17-23-19-24(18-21-11-5-2-6-12-21)28-26-16-15-22-13-7-8-14-25(22)27(23)26/h1-18H,19H2. The first-order chi connectivity index (χ1) is 13.9. The molecule has 0 atom stereocenters. The summed E-state index contributed by atoms with van der Waals surface area (Å²) in [6.07, 6.45) is 5.19. The van der Waals surface area contributed by atoms with Gasteiger partial charge in [0.15, 0.2) is 0 Å². The van der Waals surface area contributed by atoms with Gasteiger partial charge in [0.1, 0.15) is 11.5 Å². The van der Waals surface area contributed by atoms with E-state index in [1.807, 2.05) is 6.07 Å². The third kappa shape index (κ3) is 3.23. The fourth-order valence-electron chi connectivity index (χ4n) is 3.81. The van der Waals surface area contributed by atoms with E-state index in [2.05, 4.69) is 103 Å². The number of benzene rings is 4. The number of allylic oxidation sites excluding steroid dienone is 1. The zero-order valence-corrected chi connectivity index (χ0v) is 15.5. The molecule has 134 valence electrons. The zero-order valence-electron chi connectivity index (χ0n) is 15.5. The van der Waals surface area contributed by atoms with Crippen LogP contribution < -0.4 is 4.74 Å². The van der Waals surface area contributed by atoms with Crippen LogP contribution >= 0.6 is 0 Å². The lowest BCUT2D eigenvalue weighted by molar-refractivity contribution is 0.413. The van der Waals surface area contributed by atoms with E-state index in [0.717, 1.165) is 23.5 Å². The fraction of sp³-hybridized carbons (Fsp3) is 0.0370. The topological polar surface area (TPSA) is 9.23 Å². The maximum Gasteiger partial charge on any atom is 0.135 e. The highest BCUT2D eigenvalue weighted by Crippen LogP contribution is 2.43. The third-order valence-corrected chi connectivity index (χ3v) is 5.09. The Kier molecular flexibility index (Phi) is 4.27. The van der Waals surface area contributed by atoms with Crippen LogP contribution in [0.2, 0.25) is 0 Å². The average Bonchev–Trinajstić information content (AvgIpc) is 2.75. The molecule has 1 aliphatic heterocycles. The summed E-state index contributed by atoms with van der Waals surface area (Å²) in [7, 11) is 0. The number of ether oxygens (including phenoxy) is 1. The molecule has 0 radical (unpaired) electrons. The molecule has 0 N–H and O–H groups in total. The normalized spacial score (nSPS) is 16.1. The van der Waals surface area contributed by atoms with Gasteiger partial charge in [-0.3, -0.25) is 0 Å². The summed E-state index contributed by atoms with van der Waals surface area (Å²) < 4.78 is 6.33. The Hall–Kier alpha value is -3.58. The second kappa shape index (κ2) is 7.21. The summed E-state index contributed by atoms with van der Waals surface area (Å²) in [4.78, 5) is 0. The molecule has 1 heteroatoms. The van der Waals surface area contributed by atoms with Gasteiger partial charge in [-0.25, -0.2) is 0 Å². The Labute approximate surface area is 165 Å². The van der Waals surface area contributed by atoms with Gasteiger partial charge >= 0.3 is 0 Å². The van der Waals surface area contributed by atoms with Crippen LogP contribution in [0.1, 0.15) is 23.1 Å². The molecule has 5 rings (SSSR count). The van der Waals surface area contributed by atoms with Crippen molar-refractivity contribution in [3.8, 4) is 5.75 Å². The van der Waals surface area contributed by atoms with Crippen LogP contribution in [0.25, 0.3) is 28.5 Å². The van der Waals surface area contributed by atoms with Crippen molar-refractivity contribution in [2.75, 3.05) is 0 Å². The smallest absolute Gasteiger partial charge is 0.135 e. The van der Waals surface area contributed by atoms with Crippen LogP contribution in [0.3, 0.4) is 0 Å². The molecule has 4 aromatic carbocycles. The van der Waals surface area contributed by atoms with E-state index in [-0.39, 0.29) is 0 Å². The lowest BCUT2D eigenvalue weighted by atomic mass is 9.91. The molecule has 0 amide bonds. The monoisotopic (exact) mass is 360 g/mol. The van der Waals surface area contributed by atoms with Crippen molar-refractivity contribution >= 4 is 28.5 Å². The molecule has 0 saturated carbocycles. The van der Waals surface area contributed by atoms with Crippen molar-refractivity contribution in [2.45, 2.75) is 6.42 Å². The summed E-state index contributed by atoms with van der Waals surface area (Å²) in [6, 6.07) is 33.6. The SMILES string of the molecule is C(=C1CC(=Cc2ccccc2)c2c(ccc3ccccc23)O1)c1ccccc1. The van der Waals surface area contributed by atoms with Gasteiger partial charge in [-0.05, 0) is 39.6 Å². The van der Waals surface area contributed by atoms with Crippen LogP contribution in [0.4, 0.5) is 0 Å². The summed E-state index contributed by atoms with van der Waals surface area (Å²) >= 11 is 0. The van der Waals surface area contributed by atoms with E-state index >= 15 is 0 Å². The molecule has 0 spiro atoms. The van der Waals surface area contributed by atoms with E-state index in [0.29, 0.717) is 0 Å². The minimum atomic E-state index is 0.769. The van der Waals surface area contributed by atoms with Crippen molar-refractivity contribution < 1.29 is 4.74 Å². The molecule has 0 aliphatic carbocycles. The van der Waals surface area contributed by atoms with Crippen LogP contribution in [0.5, 0.6) is 5.75 Å². The maximum atomic E-state index is 6.33. The molecule has 4 aromatic rings. The molecule has 28 heavy (non-hydrogen) atoms. The van der Waals surface area contributed by atoms with Gasteiger partial charge in [-0.15, -0.1) is 0 Å². The molecule has 0 aromatic heterocycles. The van der Waals surface area contributed by atoms with Gasteiger partial charge in [-0.1, -0.05) is 97.1 Å². The summed E-state index contributed by atoms with van der Waals surface area (Å²) in [6.45, 7) is 0. The number of rotatable bonds is 2. The van der Waals surface area contributed by atoms with Crippen LogP contribution in [0, 0.1) is 0 Å². The Morgan fingerprint density at radius 3 is 2.00 bits per heavy atom. The molecule has 1 aliphatic rings. The fourth-order valence-corrected chi connectivity index (χ4v) is 3.81. The predicted octanol–water partition coefficient (Wildman–Crippen LogP) is 7.20. The molecule has 0 fully saturated rings. The molecule has 1 nitrogen and oxygen atoms in total. The highest BCUT2D eigenvalue weighted by molar-refractivity contribution is 6.01. The Morgan fingerprint density at radius 2 is 1.25 bits per heavy atom. The molecule has 0 unspecified atom stereocenters. The molecule has 0 saturated heterocycles. The third-order valence-electron chi connectivity index (χ3n) is 5.09. The minimum absolute atomic E-state index is 0.769. The first-order valence-corrected chi connectivity index (χ1v) is 9.58. The van der Waals surface area contributed by atoms with E-state index in [1.54, 1.807) is 0 Å². The first kappa shape index (κ1) is 16.6. The predicted molar refractivity (Wildman–Crippen MR) is 118 cm³/mol. The van der Waals surface area contributed by atoms with E-state index < -0.39 is 0 Å². The number of hydrogen-bond donors (Lipinski definition) is 0. The minimum Gasteiger partial charge on any atom is -0.461 e. The largest absolute Gasteiger partial charge is 0.461 e. The molecular formula is C27H20O. The average molecular weight is 360 g/mol. The number of fused-ring (bicyclic) bond motifs is 3. The Balaban J connectivity index is 1.69. The summed E-state index contributed by atoms with van der Waals surface area (Å²) in [5.74, 6) is 1.89. The van der Waals surface area contributed by atoms with Gasteiger partial charge < -0.3 is 4.74 Å². The van der Waals surface area contributed by atoms with E-state index in [1.165, 1.54) is 27.5 Å². The van der Waals surface area contributed by atoms with E-state index in [9.17, 15) is 0 Å². The van der Waals surface area contributed by atoms with Gasteiger partial charge in [0, 0.05) is 12.0 Å². The van der Waals surface area contributed by atoms with Crippen molar-refractivity contribution in [2.24, 2.45) is 0 Å². The van der Waals surface area contributed by atoms with Gasteiger partial charge in [0.2, 0.25) is 0 Å². The molecule has 0 bridgehead atoms. The van der Waals surface area contributed by atoms with Gasteiger partial charge in [-0.2, -0.15) is 0 Å².